The maximum Gasteiger partial charge on any atom is 0.390 e. The van der Waals surface area contributed by atoms with E-state index in [4.69, 9.17) is 17.3 Å². The Morgan fingerprint density at radius 1 is 1.10 bits per heavy atom. The minimum atomic E-state index is -4.25. The summed E-state index contributed by atoms with van der Waals surface area (Å²) in [5.74, 6) is -3.94. The molecule has 2 fully saturated rings. The van der Waals surface area contributed by atoms with Crippen molar-refractivity contribution in [3.05, 3.63) is 58.1 Å². The number of rotatable bonds is 8. The first-order valence-electron chi connectivity index (χ1n) is 13.5. The molecule has 0 aromatic heterocycles. The van der Waals surface area contributed by atoms with Crippen molar-refractivity contribution in [2.75, 3.05) is 36.4 Å². The lowest BCUT2D eigenvalue weighted by Gasteiger charge is -2.41. The molecule has 4 N–H and O–H groups in total. The summed E-state index contributed by atoms with van der Waals surface area (Å²) in [6.45, 7) is 2.52. The highest BCUT2D eigenvalue weighted by Crippen LogP contribution is 2.33. The van der Waals surface area contributed by atoms with E-state index in [-0.39, 0.29) is 30.4 Å². The first-order valence-corrected chi connectivity index (χ1v) is 13.9. The Bertz CT molecular complexity index is 1290. The van der Waals surface area contributed by atoms with E-state index in [9.17, 15) is 31.5 Å². The van der Waals surface area contributed by atoms with Crippen molar-refractivity contribution < 1.29 is 31.5 Å². The second-order valence-electron chi connectivity index (χ2n) is 10.8. The van der Waals surface area contributed by atoms with Crippen LogP contribution in [0.2, 0.25) is 5.02 Å². The van der Waals surface area contributed by atoms with Crippen LogP contribution >= 0.6 is 11.6 Å². The second-order valence-corrected chi connectivity index (χ2v) is 11.2. The van der Waals surface area contributed by atoms with Crippen LogP contribution in [-0.4, -0.2) is 60.7 Å². The SMILES string of the molecule is C[C@@H]1CN(c2cc(Cl)ccc2NC(=O)c2ccc(CNC(=O)C3(N)CCCC3)c(F)c2F)CCN1CCC(F)(F)F. The van der Waals surface area contributed by atoms with Crippen molar-refractivity contribution in [2.45, 2.75) is 63.3 Å². The van der Waals surface area contributed by atoms with Gasteiger partial charge in [-0.15, -0.1) is 0 Å². The van der Waals surface area contributed by atoms with Crippen LogP contribution in [0.4, 0.5) is 33.3 Å². The summed E-state index contributed by atoms with van der Waals surface area (Å²) in [4.78, 5) is 29.1. The second kappa shape index (κ2) is 12.5. The summed E-state index contributed by atoms with van der Waals surface area (Å²) in [7, 11) is 0. The van der Waals surface area contributed by atoms with Gasteiger partial charge >= 0.3 is 6.18 Å². The summed E-state index contributed by atoms with van der Waals surface area (Å²) < 4.78 is 68.0. The average Bonchev–Trinajstić information content (AvgIpc) is 3.36. The molecule has 0 spiro atoms. The summed E-state index contributed by atoms with van der Waals surface area (Å²) >= 11 is 6.20. The number of benzene rings is 2. The zero-order valence-corrected chi connectivity index (χ0v) is 23.3. The van der Waals surface area contributed by atoms with Gasteiger partial charge in [0.2, 0.25) is 5.91 Å². The van der Waals surface area contributed by atoms with Gasteiger partial charge in [0.05, 0.1) is 28.9 Å². The Kier molecular flexibility index (Phi) is 9.45. The maximum absolute atomic E-state index is 15.0. The third kappa shape index (κ3) is 7.47. The molecule has 0 unspecified atom stereocenters. The molecule has 1 saturated carbocycles. The van der Waals surface area contributed by atoms with E-state index in [2.05, 4.69) is 10.6 Å². The minimum Gasteiger partial charge on any atom is -0.367 e. The molecule has 13 heteroatoms. The number of nitrogens with one attached hydrogen (secondary N) is 2. The molecule has 41 heavy (non-hydrogen) atoms. The summed E-state index contributed by atoms with van der Waals surface area (Å²) in [5, 5.41) is 5.53. The molecule has 2 amide bonds. The average molecular weight is 602 g/mol. The van der Waals surface area contributed by atoms with Crippen molar-refractivity contribution in [3.63, 3.8) is 0 Å². The monoisotopic (exact) mass is 601 g/mol. The van der Waals surface area contributed by atoms with Gasteiger partial charge in [0.25, 0.3) is 5.91 Å². The summed E-state index contributed by atoms with van der Waals surface area (Å²) in [5.41, 5.74) is 5.23. The van der Waals surface area contributed by atoms with Crippen molar-refractivity contribution in [2.24, 2.45) is 5.73 Å². The lowest BCUT2D eigenvalue weighted by atomic mass is 9.98. The van der Waals surface area contributed by atoms with Crippen LogP contribution in [0.1, 0.15) is 54.9 Å². The Balaban J connectivity index is 1.44. The molecule has 4 rings (SSSR count). The normalized spacial score (nSPS) is 19.3. The Labute approximate surface area is 240 Å². The molecule has 1 aliphatic carbocycles. The van der Waals surface area contributed by atoms with Crippen LogP contribution in [-0.2, 0) is 11.3 Å². The molecule has 0 bridgehead atoms. The van der Waals surface area contributed by atoms with Crippen molar-refractivity contribution in [3.8, 4) is 0 Å². The van der Waals surface area contributed by atoms with Crippen LogP contribution in [0.3, 0.4) is 0 Å². The van der Waals surface area contributed by atoms with Gasteiger partial charge < -0.3 is 21.3 Å². The largest absolute Gasteiger partial charge is 0.390 e. The van der Waals surface area contributed by atoms with Crippen LogP contribution in [0, 0.1) is 11.6 Å². The fourth-order valence-electron chi connectivity index (χ4n) is 5.36. The first kappa shape index (κ1) is 31.0. The van der Waals surface area contributed by atoms with Crippen LogP contribution in [0.25, 0.3) is 0 Å². The Morgan fingerprint density at radius 3 is 2.46 bits per heavy atom. The van der Waals surface area contributed by atoms with E-state index in [0.29, 0.717) is 43.2 Å². The molecule has 2 aliphatic rings. The molecule has 224 valence electrons. The minimum absolute atomic E-state index is 0.116. The number of nitrogens with zero attached hydrogens (tertiary/aromatic N) is 2. The van der Waals surface area contributed by atoms with Crippen LogP contribution in [0.15, 0.2) is 30.3 Å². The predicted molar refractivity (Wildman–Crippen MR) is 147 cm³/mol. The number of amides is 2. The Morgan fingerprint density at radius 2 is 1.80 bits per heavy atom. The molecule has 2 aromatic carbocycles. The quantitative estimate of drug-likeness (QED) is 0.361. The van der Waals surface area contributed by atoms with Gasteiger partial charge in [0.15, 0.2) is 11.6 Å². The molecule has 0 radical (unpaired) electrons. The van der Waals surface area contributed by atoms with Crippen LogP contribution in [0.5, 0.6) is 0 Å². The van der Waals surface area contributed by atoms with Crippen molar-refractivity contribution in [1.29, 1.82) is 0 Å². The molecule has 7 nitrogen and oxygen atoms in total. The first-order chi connectivity index (χ1) is 19.3. The topological polar surface area (TPSA) is 90.7 Å². The molecule has 2 aromatic rings. The van der Waals surface area contributed by atoms with E-state index in [1.165, 1.54) is 18.2 Å². The number of anilines is 2. The number of carbonyl (C=O) groups excluding carboxylic acids is 2. The highest BCUT2D eigenvalue weighted by atomic mass is 35.5. The molecule has 1 aliphatic heterocycles. The highest BCUT2D eigenvalue weighted by molar-refractivity contribution is 6.31. The predicted octanol–water partition coefficient (Wildman–Crippen LogP) is 5.22. The van der Waals surface area contributed by atoms with E-state index in [0.717, 1.165) is 18.9 Å². The van der Waals surface area contributed by atoms with Gasteiger partial charge in [-0.25, -0.2) is 8.78 Å². The number of hydrogen-bond donors (Lipinski definition) is 3. The fraction of sp³-hybridized carbons (Fsp3) is 0.500. The molecule has 1 heterocycles. The van der Waals surface area contributed by atoms with E-state index < -0.39 is 47.1 Å². The third-order valence-electron chi connectivity index (χ3n) is 7.79. The zero-order valence-electron chi connectivity index (χ0n) is 22.6. The van der Waals surface area contributed by atoms with Gasteiger partial charge in [-0.2, -0.15) is 13.2 Å². The number of carbonyl (C=O) groups is 2. The zero-order chi connectivity index (χ0) is 29.9. The fourth-order valence-corrected chi connectivity index (χ4v) is 5.53. The van der Waals surface area contributed by atoms with Gasteiger partial charge in [-0.3, -0.25) is 14.5 Å². The van der Waals surface area contributed by atoms with E-state index in [1.807, 2.05) is 11.8 Å². The van der Waals surface area contributed by atoms with E-state index in [1.54, 1.807) is 11.0 Å². The molecule has 1 atom stereocenters. The van der Waals surface area contributed by atoms with Gasteiger partial charge in [-0.1, -0.05) is 30.5 Å². The number of alkyl halides is 3. The maximum atomic E-state index is 15.0. The van der Waals surface area contributed by atoms with Gasteiger partial charge in [-0.05, 0) is 44.0 Å². The number of hydrogen-bond acceptors (Lipinski definition) is 5. The van der Waals surface area contributed by atoms with Gasteiger partial charge in [0.1, 0.15) is 0 Å². The lowest BCUT2D eigenvalue weighted by Crippen LogP contribution is -2.52. The lowest BCUT2D eigenvalue weighted by molar-refractivity contribution is -0.139. The van der Waals surface area contributed by atoms with Gasteiger partial charge in [0, 0.05) is 49.4 Å². The van der Waals surface area contributed by atoms with Crippen molar-refractivity contribution in [1.82, 2.24) is 10.2 Å². The summed E-state index contributed by atoms with van der Waals surface area (Å²) in [6.07, 6.45) is -2.46. The molecular formula is C28H33ClF5N5O2. The van der Waals surface area contributed by atoms with E-state index >= 15 is 0 Å². The molecule has 1 saturated heterocycles. The van der Waals surface area contributed by atoms with Crippen LogP contribution < -0.4 is 21.3 Å². The Hall–Kier alpha value is -2.96. The third-order valence-corrected chi connectivity index (χ3v) is 8.03. The molecular weight excluding hydrogens is 569 g/mol. The summed E-state index contributed by atoms with van der Waals surface area (Å²) in [6, 6.07) is 6.82. The number of halogens is 6. The number of piperazine rings is 1. The highest BCUT2D eigenvalue weighted by Gasteiger charge is 2.37. The standard InChI is InChI=1S/C28H33ClF5N5O2/c1-17-16-39(13-12-38(17)11-10-28(32,33)34)22-14-19(29)5-7-21(22)37-25(40)20-6-4-18(23(30)24(20)31)15-36-26(41)27(35)8-2-3-9-27/h4-7,14,17H,2-3,8-13,15-16,35H2,1H3,(H,36,41)(H,37,40)/t17-/m1/s1. The number of nitrogens with two attached hydrogens (primary N) is 1. The smallest absolute Gasteiger partial charge is 0.367 e. The van der Waals surface area contributed by atoms with Crippen molar-refractivity contribution >= 4 is 34.8 Å².